The monoisotopic (exact) mass is 211 g/mol. The molecule has 0 spiro atoms. The molecule has 0 unspecified atom stereocenters. The minimum atomic E-state index is 0.742. The first-order chi connectivity index (χ1) is 7.09. The summed E-state index contributed by atoms with van der Waals surface area (Å²) in [5.41, 5.74) is 0. The zero-order valence-corrected chi connectivity index (χ0v) is 11.1. The van der Waals surface area contributed by atoms with Crippen molar-refractivity contribution in [3.63, 3.8) is 0 Å². The summed E-state index contributed by atoms with van der Waals surface area (Å²) in [6.45, 7) is 12.0. The number of hydrogen-bond acceptors (Lipinski definition) is 1. The van der Waals surface area contributed by atoms with Crippen LogP contribution >= 0.6 is 0 Å². The van der Waals surface area contributed by atoms with Gasteiger partial charge in [0.2, 0.25) is 0 Å². The summed E-state index contributed by atoms with van der Waals surface area (Å²) in [7, 11) is 0. The number of hydrogen-bond donors (Lipinski definition) is 0. The van der Waals surface area contributed by atoms with Gasteiger partial charge in [-0.1, -0.05) is 13.8 Å². The molecule has 0 radical (unpaired) electrons. The topological polar surface area (TPSA) is 3.24 Å². The van der Waals surface area contributed by atoms with E-state index in [0.29, 0.717) is 0 Å². The molecule has 1 saturated heterocycles. The third-order valence-corrected chi connectivity index (χ3v) is 3.65. The normalized spacial score (nSPS) is 22.0. The van der Waals surface area contributed by atoms with E-state index in [1.807, 2.05) is 0 Å². The van der Waals surface area contributed by atoms with Crippen LogP contribution in [0.15, 0.2) is 0 Å². The second-order valence-electron chi connectivity index (χ2n) is 5.91. The Bertz CT molecular complexity index is 153. The standard InChI is InChI=1S/C14H29N/c1-12(2)11-14-7-5-9-15(13(3)4)10-6-8-14/h12-14H,5-11H2,1-4H3. The third-order valence-electron chi connectivity index (χ3n) is 3.65. The molecule has 90 valence electrons. The Morgan fingerprint density at radius 3 is 1.93 bits per heavy atom. The Morgan fingerprint density at radius 1 is 1.00 bits per heavy atom. The lowest BCUT2D eigenvalue weighted by Crippen LogP contribution is -2.34. The van der Waals surface area contributed by atoms with Crippen LogP contribution in [0.1, 0.15) is 59.8 Å². The molecular weight excluding hydrogens is 182 g/mol. The van der Waals surface area contributed by atoms with Gasteiger partial charge >= 0.3 is 0 Å². The Labute approximate surface area is 96.2 Å². The molecule has 0 N–H and O–H groups in total. The van der Waals surface area contributed by atoms with Crippen LogP contribution in [0.5, 0.6) is 0 Å². The minimum absolute atomic E-state index is 0.742. The van der Waals surface area contributed by atoms with Crippen LogP contribution in [0.2, 0.25) is 0 Å². The van der Waals surface area contributed by atoms with Crippen LogP contribution in [0.3, 0.4) is 0 Å². The lowest BCUT2D eigenvalue weighted by molar-refractivity contribution is 0.179. The molecule has 0 aromatic heterocycles. The molecule has 1 fully saturated rings. The summed E-state index contributed by atoms with van der Waals surface area (Å²) in [6, 6.07) is 0.742. The molecule has 1 aliphatic rings. The Morgan fingerprint density at radius 2 is 1.53 bits per heavy atom. The molecule has 0 aromatic carbocycles. The maximum atomic E-state index is 2.64. The van der Waals surface area contributed by atoms with Crippen LogP contribution in [0.4, 0.5) is 0 Å². The van der Waals surface area contributed by atoms with Crippen molar-refractivity contribution in [2.45, 2.75) is 65.8 Å². The number of rotatable bonds is 3. The average molecular weight is 211 g/mol. The van der Waals surface area contributed by atoms with Gasteiger partial charge in [0, 0.05) is 6.04 Å². The zero-order chi connectivity index (χ0) is 11.3. The van der Waals surface area contributed by atoms with Crippen molar-refractivity contribution in [1.82, 2.24) is 4.90 Å². The van der Waals surface area contributed by atoms with E-state index >= 15 is 0 Å². The van der Waals surface area contributed by atoms with Gasteiger partial charge < -0.3 is 4.90 Å². The molecule has 1 heterocycles. The van der Waals surface area contributed by atoms with Gasteiger partial charge in [-0.05, 0) is 70.9 Å². The molecule has 0 amide bonds. The third kappa shape index (κ3) is 5.01. The first-order valence-corrected chi connectivity index (χ1v) is 6.83. The Hall–Kier alpha value is -0.0400. The molecule has 0 atom stereocenters. The predicted molar refractivity (Wildman–Crippen MR) is 68.1 cm³/mol. The van der Waals surface area contributed by atoms with Crippen molar-refractivity contribution in [3.05, 3.63) is 0 Å². The highest BCUT2D eigenvalue weighted by Crippen LogP contribution is 2.24. The van der Waals surface area contributed by atoms with Crippen LogP contribution in [-0.4, -0.2) is 24.0 Å². The fourth-order valence-electron chi connectivity index (χ4n) is 2.84. The highest BCUT2D eigenvalue weighted by atomic mass is 15.1. The summed E-state index contributed by atoms with van der Waals surface area (Å²) in [5.74, 6) is 1.90. The molecule has 0 aliphatic carbocycles. The summed E-state index contributed by atoms with van der Waals surface area (Å²) in [6.07, 6.45) is 7.19. The van der Waals surface area contributed by atoms with Gasteiger partial charge in [-0.2, -0.15) is 0 Å². The predicted octanol–water partition coefficient (Wildman–Crippen LogP) is 3.93. The van der Waals surface area contributed by atoms with E-state index in [1.54, 1.807) is 0 Å². The molecule has 0 bridgehead atoms. The molecule has 1 heteroatoms. The van der Waals surface area contributed by atoms with E-state index in [4.69, 9.17) is 0 Å². The van der Waals surface area contributed by atoms with Crippen molar-refractivity contribution in [2.24, 2.45) is 11.8 Å². The SMILES string of the molecule is CC(C)CC1CCCN(C(C)C)CCC1. The fourth-order valence-corrected chi connectivity index (χ4v) is 2.84. The quantitative estimate of drug-likeness (QED) is 0.683. The van der Waals surface area contributed by atoms with E-state index in [1.165, 1.54) is 45.2 Å². The number of nitrogens with zero attached hydrogens (tertiary/aromatic N) is 1. The van der Waals surface area contributed by atoms with E-state index in [9.17, 15) is 0 Å². The molecular formula is C14H29N. The lowest BCUT2D eigenvalue weighted by Gasteiger charge is -2.31. The van der Waals surface area contributed by atoms with Gasteiger partial charge in [-0.3, -0.25) is 0 Å². The van der Waals surface area contributed by atoms with Crippen molar-refractivity contribution < 1.29 is 0 Å². The Kier molecular flexibility index (Phi) is 5.66. The summed E-state index contributed by atoms with van der Waals surface area (Å²) in [5, 5.41) is 0. The van der Waals surface area contributed by atoms with Crippen molar-refractivity contribution in [3.8, 4) is 0 Å². The first-order valence-electron chi connectivity index (χ1n) is 6.83. The summed E-state index contributed by atoms with van der Waals surface area (Å²) >= 11 is 0. The second-order valence-corrected chi connectivity index (χ2v) is 5.91. The molecule has 1 rings (SSSR count). The van der Waals surface area contributed by atoms with Crippen LogP contribution in [0.25, 0.3) is 0 Å². The van der Waals surface area contributed by atoms with Crippen LogP contribution < -0.4 is 0 Å². The molecule has 1 nitrogen and oxygen atoms in total. The first kappa shape index (κ1) is 13.0. The molecule has 15 heavy (non-hydrogen) atoms. The van der Waals surface area contributed by atoms with Gasteiger partial charge in [0.15, 0.2) is 0 Å². The van der Waals surface area contributed by atoms with E-state index < -0.39 is 0 Å². The maximum absolute atomic E-state index is 2.64. The van der Waals surface area contributed by atoms with Gasteiger partial charge in [0.05, 0.1) is 0 Å². The van der Waals surface area contributed by atoms with E-state index in [2.05, 4.69) is 32.6 Å². The molecule has 1 aliphatic heterocycles. The van der Waals surface area contributed by atoms with Crippen LogP contribution in [0, 0.1) is 11.8 Å². The van der Waals surface area contributed by atoms with Crippen molar-refractivity contribution in [1.29, 1.82) is 0 Å². The minimum Gasteiger partial charge on any atom is -0.301 e. The molecule has 0 aromatic rings. The van der Waals surface area contributed by atoms with Crippen molar-refractivity contribution in [2.75, 3.05) is 13.1 Å². The van der Waals surface area contributed by atoms with Crippen molar-refractivity contribution >= 4 is 0 Å². The van der Waals surface area contributed by atoms with Gasteiger partial charge in [-0.25, -0.2) is 0 Å². The van der Waals surface area contributed by atoms with Gasteiger partial charge in [0.1, 0.15) is 0 Å². The van der Waals surface area contributed by atoms with E-state index in [0.717, 1.165) is 17.9 Å². The highest BCUT2D eigenvalue weighted by Gasteiger charge is 2.17. The zero-order valence-electron chi connectivity index (χ0n) is 11.1. The van der Waals surface area contributed by atoms with E-state index in [-0.39, 0.29) is 0 Å². The highest BCUT2D eigenvalue weighted by molar-refractivity contribution is 4.71. The van der Waals surface area contributed by atoms with Gasteiger partial charge in [0.25, 0.3) is 0 Å². The summed E-state index contributed by atoms with van der Waals surface area (Å²) in [4.78, 5) is 2.64. The largest absolute Gasteiger partial charge is 0.301 e. The average Bonchev–Trinajstić information content (AvgIpc) is 2.07. The van der Waals surface area contributed by atoms with Gasteiger partial charge in [-0.15, -0.1) is 0 Å². The van der Waals surface area contributed by atoms with Crippen LogP contribution in [-0.2, 0) is 0 Å². The Balaban J connectivity index is 2.30. The smallest absolute Gasteiger partial charge is 0.00385 e. The maximum Gasteiger partial charge on any atom is 0.00385 e. The fraction of sp³-hybridized carbons (Fsp3) is 1.00. The number of likely N-dealkylation sites (tertiary alicyclic amines) is 1. The summed E-state index contributed by atoms with van der Waals surface area (Å²) < 4.78 is 0. The molecule has 0 saturated carbocycles. The second kappa shape index (κ2) is 6.52. The lowest BCUT2D eigenvalue weighted by atomic mass is 9.88.